The van der Waals surface area contributed by atoms with E-state index in [1.807, 2.05) is 35.2 Å². The number of imidazole rings is 1. The Morgan fingerprint density at radius 1 is 1.17 bits per heavy atom. The maximum Gasteiger partial charge on any atom is 0.249 e. The Hall–Kier alpha value is -2.96. The summed E-state index contributed by atoms with van der Waals surface area (Å²) in [7, 11) is 0. The van der Waals surface area contributed by atoms with Crippen LogP contribution in [0.2, 0.25) is 0 Å². The zero-order valence-corrected chi connectivity index (χ0v) is 12.4. The van der Waals surface area contributed by atoms with E-state index in [4.69, 9.17) is 0 Å². The van der Waals surface area contributed by atoms with E-state index in [-0.39, 0.29) is 11.9 Å². The van der Waals surface area contributed by atoms with Gasteiger partial charge in [0.2, 0.25) is 5.91 Å². The average molecular weight is 308 g/mol. The Kier molecular flexibility index (Phi) is 3.38. The Morgan fingerprint density at radius 2 is 2.04 bits per heavy atom. The molecule has 7 nitrogen and oxygen atoms in total. The number of nitrogens with one attached hydrogen (secondary N) is 2. The summed E-state index contributed by atoms with van der Waals surface area (Å²) in [5.41, 5.74) is 2.24. The van der Waals surface area contributed by atoms with Crippen molar-refractivity contribution in [2.45, 2.75) is 18.9 Å². The van der Waals surface area contributed by atoms with Gasteiger partial charge in [0.15, 0.2) is 11.5 Å². The molecule has 1 unspecified atom stereocenters. The van der Waals surface area contributed by atoms with Gasteiger partial charge in [0.1, 0.15) is 17.9 Å². The summed E-state index contributed by atoms with van der Waals surface area (Å²) < 4.78 is 0. The number of para-hydroxylation sites is 1. The molecule has 1 aliphatic rings. The van der Waals surface area contributed by atoms with Crippen LogP contribution in [0.4, 0.5) is 11.5 Å². The monoisotopic (exact) mass is 308 g/mol. The fourth-order valence-corrected chi connectivity index (χ4v) is 2.91. The minimum absolute atomic E-state index is 0.0636. The maximum absolute atomic E-state index is 12.8. The first-order chi connectivity index (χ1) is 11.3. The van der Waals surface area contributed by atoms with E-state index in [2.05, 4.69) is 25.3 Å². The summed E-state index contributed by atoms with van der Waals surface area (Å²) in [5.74, 6) is 0.675. The van der Waals surface area contributed by atoms with Gasteiger partial charge in [-0.1, -0.05) is 18.2 Å². The predicted molar refractivity (Wildman–Crippen MR) is 87.1 cm³/mol. The number of benzene rings is 1. The predicted octanol–water partition coefficient (Wildman–Crippen LogP) is 1.96. The van der Waals surface area contributed by atoms with E-state index in [1.54, 1.807) is 6.33 Å². The molecule has 2 N–H and O–H groups in total. The van der Waals surface area contributed by atoms with Crippen molar-refractivity contribution in [1.82, 2.24) is 19.9 Å². The smallest absolute Gasteiger partial charge is 0.249 e. The SMILES string of the molecule is O=C1C(Nc2ncnc3nc[nH]c23)CCCN1c1ccccc1. The number of piperidine rings is 1. The molecule has 23 heavy (non-hydrogen) atoms. The van der Waals surface area contributed by atoms with Crippen LogP contribution in [0.25, 0.3) is 11.2 Å². The van der Waals surface area contributed by atoms with E-state index in [0.717, 1.165) is 30.6 Å². The lowest BCUT2D eigenvalue weighted by molar-refractivity contribution is -0.120. The molecule has 1 amide bonds. The molecule has 1 atom stereocenters. The van der Waals surface area contributed by atoms with Gasteiger partial charge in [0.25, 0.3) is 0 Å². The number of aromatic nitrogens is 4. The van der Waals surface area contributed by atoms with Crippen molar-refractivity contribution < 1.29 is 4.79 Å². The van der Waals surface area contributed by atoms with E-state index in [1.165, 1.54) is 6.33 Å². The zero-order chi connectivity index (χ0) is 15.6. The van der Waals surface area contributed by atoms with E-state index >= 15 is 0 Å². The minimum atomic E-state index is -0.301. The Bertz CT molecular complexity index is 831. The zero-order valence-electron chi connectivity index (χ0n) is 12.4. The largest absolute Gasteiger partial charge is 0.356 e. The maximum atomic E-state index is 12.8. The van der Waals surface area contributed by atoms with Crippen LogP contribution in [0, 0.1) is 0 Å². The second-order valence-electron chi connectivity index (χ2n) is 5.49. The lowest BCUT2D eigenvalue weighted by Crippen LogP contribution is -2.47. The van der Waals surface area contributed by atoms with Gasteiger partial charge in [0, 0.05) is 12.2 Å². The molecule has 3 heterocycles. The van der Waals surface area contributed by atoms with Crippen molar-refractivity contribution in [3.63, 3.8) is 0 Å². The highest BCUT2D eigenvalue weighted by molar-refractivity contribution is 6.00. The third-order valence-electron chi connectivity index (χ3n) is 4.04. The number of carbonyl (C=O) groups excluding carboxylic acids is 1. The molecule has 7 heteroatoms. The fraction of sp³-hybridized carbons (Fsp3) is 0.250. The Balaban J connectivity index is 1.59. The molecule has 1 saturated heterocycles. The first-order valence-electron chi connectivity index (χ1n) is 7.60. The first kappa shape index (κ1) is 13.7. The fourth-order valence-electron chi connectivity index (χ4n) is 2.91. The number of amides is 1. The van der Waals surface area contributed by atoms with Crippen LogP contribution >= 0.6 is 0 Å². The summed E-state index contributed by atoms with van der Waals surface area (Å²) >= 11 is 0. The number of anilines is 2. The van der Waals surface area contributed by atoms with Crippen LogP contribution in [0.5, 0.6) is 0 Å². The Labute approximate surface area is 132 Å². The number of H-pyrrole nitrogens is 1. The summed E-state index contributed by atoms with van der Waals surface area (Å²) in [5, 5.41) is 3.25. The molecule has 0 spiro atoms. The standard InChI is InChI=1S/C16H16N6O/c23-16-12(7-4-8-22(16)11-5-2-1-3-6-11)21-15-13-14(18-9-17-13)19-10-20-15/h1-3,5-6,9-10,12H,4,7-8H2,(H2,17,18,19,20,21). The number of fused-ring (bicyclic) bond motifs is 1. The van der Waals surface area contributed by atoms with Gasteiger partial charge < -0.3 is 15.2 Å². The molecule has 4 rings (SSSR count). The van der Waals surface area contributed by atoms with Crippen molar-refractivity contribution in [3.8, 4) is 0 Å². The van der Waals surface area contributed by atoms with Crippen molar-refractivity contribution in [2.75, 3.05) is 16.8 Å². The summed E-state index contributed by atoms with van der Waals surface area (Å²) in [6.45, 7) is 0.740. The number of hydrogen-bond donors (Lipinski definition) is 2. The molecule has 2 aromatic heterocycles. The molecule has 1 aliphatic heterocycles. The van der Waals surface area contributed by atoms with Crippen LogP contribution in [-0.2, 0) is 4.79 Å². The molecular weight excluding hydrogens is 292 g/mol. The molecule has 0 bridgehead atoms. The lowest BCUT2D eigenvalue weighted by atomic mass is 10.0. The molecule has 1 fully saturated rings. The summed E-state index contributed by atoms with van der Waals surface area (Å²) in [6, 6.07) is 9.45. The number of hydrogen-bond acceptors (Lipinski definition) is 5. The highest BCUT2D eigenvalue weighted by atomic mass is 16.2. The highest BCUT2D eigenvalue weighted by Crippen LogP contribution is 2.24. The number of carbonyl (C=O) groups is 1. The molecular formula is C16H16N6O. The molecule has 3 aromatic rings. The highest BCUT2D eigenvalue weighted by Gasteiger charge is 2.30. The molecule has 0 radical (unpaired) electrons. The van der Waals surface area contributed by atoms with E-state index in [9.17, 15) is 4.79 Å². The minimum Gasteiger partial charge on any atom is -0.356 e. The molecule has 116 valence electrons. The van der Waals surface area contributed by atoms with Gasteiger partial charge in [-0.3, -0.25) is 4.79 Å². The van der Waals surface area contributed by atoms with Crippen molar-refractivity contribution in [1.29, 1.82) is 0 Å². The van der Waals surface area contributed by atoms with Crippen LogP contribution in [0.3, 0.4) is 0 Å². The van der Waals surface area contributed by atoms with Crippen LogP contribution in [-0.4, -0.2) is 38.4 Å². The number of aromatic amines is 1. The van der Waals surface area contributed by atoms with Crippen LogP contribution in [0.15, 0.2) is 43.0 Å². The number of rotatable bonds is 3. The van der Waals surface area contributed by atoms with Gasteiger partial charge in [-0.15, -0.1) is 0 Å². The van der Waals surface area contributed by atoms with Crippen molar-refractivity contribution in [2.24, 2.45) is 0 Å². The van der Waals surface area contributed by atoms with Gasteiger partial charge in [0.05, 0.1) is 6.33 Å². The van der Waals surface area contributed by atoms with Crippen molar-refractivity contribution in [3.05, 3.63) is 43.0 Å². The van der Waals surface area contributed by atoms with Crippen molar-refractivity contribution >= 4 is 28.6 Å². The van der Waals surface area contributed by atoms with Crippen LogP contribution < -0.4 is 10.2 Å². The van der Waals surface area contributed by atoms with Gasteiger partial charge in [-0.2, -0.15) is 0 Å². The molecule has 0 saturated carbocycles. The number of nitrogens with zero attached hydrogens (tertiary/aromatic N) is 4. The Morgan fingerprint density at radius 3 is 2.91 bits per heavy atom. The second-order valence-corrected chi connectivity index (χ2v) is 5.49. The third kappa shape index (κ3) is 2.50. The van der Waals surface area contributed by atoms with E-state index < -0.39 is 0 Å². The summed E-state index contributed by atoms with van der Waals surface area (Å²) in [4.78, 5) is 30.1. The van der Waals surface area contributed by atoms with Gasteiger partial charge in [-0.05, 0) is 25.0 Å². The second kappa shape index (κ2) is 5.68. The van der Waals surface area contributed by atoms with Crippen LogP contribution in [0.1, 0.15) is 12.8 Å². The normalized spacial score (nSPS) is 18.3. The van der Waals surface area contributed by atoms with Gasteiger partial charge in [-0.25, -0.2) is 15.0 Å². The first-order valence-corrected chi connectivity index (χ1v) is 7.60. The average Bonchev–Trinajstić information content (AvgIpc) is 3.07. The quantitative estimate of drug-likeness (QED) is 0.772. The third-order valence-corrected chi connectivity index (χ3v) is 4.04. The lowest BCUT2D eigenvalue weighted by Gasteiger charge is -2.32. The van der Waals surface area contributed by atoms with Gasteiger partial charge >= 0.3 is 0 Å². The molecule has 1 aromatic carbocycles. The summed E-state index contributed by atoms with van der Waals surface area (Å²) in [6.07, 6.45) is 4.74. The topological polar surface area (TPSA) is 86.8 Å². The molecule has 0 aliphatic carbocycles. The van der Waals surface area contributed by atoms with E-state index in [0.29, 0.717) is 11.5 Å².